The molecular formula is C15H16O2. The highest BCUT2D eigenvalue weighted by molar-refractivity contribution is 5.27. The summed E-state index contributed by atoms with van der Waals surface area (Å²) < 4.78 is 10.7. The fraction of sp³-hybridized carbons (Fsp3) is 0.200. The minimum Gasteiger partial charge on any atom is -0.497 e. The number of benzene rings is 2. The molecule has 0 amide bonds. The van der Waals surface area contributed by atoms with Crippen molar-refractivity contribution in [2.45, 2.75) is 6.42 Å². The summed E-state index contributed by atoms with van der Waals surface area (Å²) in [5, 5.41) is 0. The van der Waals surface area contributed by atoms with Gasteiger partial charge >= 0.3 is 0 Å². The van der Waals surface area contributed by atoms with E-state index in [4.69, 9.17) is 9.47 Å². The predicted molar refractivity (Wildman–Crippen MR) is 68.6 cm³/mol. The average Bonchev–Trinajstić information content (AvgIpc) is 2.41. The number of hydrogen-bond donors (Lipinski definition) is 0. The van der Waals surface area contributed by atoms with E-state index < -0.39 is 0 Å². The number of methoxy groups -OCH3 is 1. The van der Waals surface area contributed by atoms with Gasteiger partial charge in [-0.15, -0.1) is 0 Å². The minimum atomic E-state index is 0.691. The van der Waals surface area contributed by atoms with Crippen LogP contribution in [-0.2, 0) is 6.42 Å². The molecule has 2 aromatic rings. The van der Waals surface area contributed by atoms with E-state index in [9.17, 15) is 0 Å². The van der Waals surface area contributed by atoms with E-state index in [-0.39, 0.29) is 0 Å². The molecule has 0 saturated heterocycles. The van der Waals surface area contributed by atoms with Crippen LogP contribution in [0.5, 0.6) is 11.5 Å². The molecule has 2 rings (SSSR count). The van der Waals surface area contributed by atoms with E-state index in [1.807, 2.05) is 42.5 Å². The van der Waals surface area contributed by atoms with Gasteiger partial charge in [-0.1, -0.05) is 30.3 Å². The number of ether oxygens (including phenoxy) is 2. The fourth-order valence-corrected chi connectivity index (χ4v) is 1.60. The number of para-hydroxylation sites is 1. The molecule has 2 aromatic carbocycles. The Labute approximate surface area is 102 Å². The van der Waals surface area contributed by atoms with Gasteiger partial charge in [0.2, 0.25) is 0 Å². The summed E-state index contributed by atoms with van der Waals surface area (Å²) in [6.45, 7) is 0.691. The molecule has 2 nitrogen and oxygen atoms in total. The Morgan fingerprint density at radius 2 is 1.53 bits per heavy atom. The molecule has 0 unspecified atom stereocenters. The monoisotopic (exact) mass is 228 g/mol. The maximum atomic E-state index is 5.64. The maximum absolute atomic E-state index is 5.64. The lowest BCUT2D eigenvalue weighted by atomic mass is 10.1. The van der Waals surface area contributed by atoms with E-state index in [2.05, 4.69) is 12.1 Å². The van der Waals surface area contributed by atoms with E-state index >= 15 is 0 Å². The second kappa shape index (κ2) is 5.94. The van der Waals surface area contributed by atoms with Crippen LogP contribution in [0, 0.1) is 0 Å². The van der Waals surface area contributed by atoms with Gasteiger partial charge in [0.05, 0.1) is 13.7 Å². The lowest BCUT2D eigenvalue weighted by Crippen LogP contribution is -2.01. The first kappa shape index (κ1) is 11.5. The van der Waals surface area contributed by atoms with Crippen LogP contribution in [0.25, 0.3) is 0 Å². The van der Waals surface area contributed by atoms with Gasteiger partial charge in [-0.05, 0) is 29.8 Å². The quantitative estimate of drug-likeness (QED) is 0.781. The number of rotatable bonds is 5. The molecule has 0 bridgehead atoms. The van der Waals surface area contributed by atoms with Gasteiger partial charge < -0.3 is 9.47 Å². The van der Waals surface area contributed by atoms with Crippen molar-refractivity contribution >= 4 is 0 Å². The Bertz CT molecular complexity index is 434. The van der Waals surface area contributed by atoms with Gasteiger partial charge in [-0.3, -0.25) is 0 Å². The lowest BCUT2D eigenvalue weighted by Gasteiger charge is -2.06. The van der Waals surface area contributed by atoms with Crippen molar-refractivity contribution in [3.63, 3.8) is 0 Å². The lowest BCUT2D eigenvalue weighted by molar-refractivity contribution is 0.322. The zero-order valence-electron chi connectivity index (χ0n) is 9.93. The molecular weight excluding hydrogens is 212 g/mol. The first-order chi connectivity index (χ1) is 8.38. The van der Waals surface area contributed by atoms with Gasteiger partial charge in [-0.2, -0.15) is 0 Å². The van der Waals surface area contributed by atoms with E-state index in [1.54, 1.807) is 7.11 Å². The van der Waals surface area contributed by atoms with Gasteiger partial charge in [0.25, 0.3) is 0 Å². The predicted octanol–water partition coefficient (Wildman–Crippen LogP) is 3.32. The Balaban J connectivity index is 1.82. The third kappa shape index (κ3) is 3.52. The molecule has 0 spiro atoms. The Hall–Kier alpha value is -1.96. The van der Waals surface area contributed by atoms with Crippen molar-refractivity contribution < 1.29 is 9.47 Å². The van der Waals surface area contributed by atoms with Crippen LogP contribution in [0.4, 0.5) is 0 Å². The van der Waals surface area contributed by atoms with Crippen LogP contribution in [0.2, 0.25) is 0 Å². The summed E-state index contributed by atoms with van der Waals surface area (Å²) in [7, 11) is 1.67. The maximum Gasteiger partial charge on any atom is 0.119 e. The van der Waals surface area contributed by atoms with Gasteiger partial charge in [-0.25, -0.2) is 0 Å². The van der Waals surface area contributed by atoms with Crippen LogP contribution in [0.15, 0.2) is 54.6 Å². The summed E-state index contributed by atoms with van der Waals surface area (Å²) in [6, 6.07) is 17.9. The molecule has 0 atom stereocenters. The highest BCUT2D eigenvalue weighted by atomic mass is 16.5. The largest absolute Gasteiger partial charge is 0.497 e. The molecule has 0 saturated carbocycles. The van der Waals surface area contributed by atoms with E-state index in [0.29, 0.717) is 6.61 Å². The molecule has 0 aliphatic rings. The Kier molecular flexibility index (Phi) is 4.03. The van der Waals surface area contributed by atoms with Gasteiger partial charge in [0, 0.05) is 6.42 Å². The molecule has 0 fully saturated rings. The highest BCUT2D eigenvalue weighted by Crippen LogP contribution is 2.13. The van der Waals surface area contributed by atoms with Crippen LogP contribution in [0.1, 0.15) is 5.56 Å². The molecule has 0 heterocycles. The van der Waals surface area contributed by atoms with Crippen molar-refractivity contribution in [3.8, 4) is 11.5 Å². The van der Waals surface area contributed by atoms with Crippen molar-refractivity contribution in [1.82, 2.24) is 0 Å². The first-order valence-electron chi connectivity index (χ1n) is 5.69. The smallest absolute Gasteiger partial charge is 0.119 e. The topological polar surface area (TPSA) is 18.5 Å². The first-order valence-corrected chi connectivity index (χ1v) is 5.69. The summed E-state index contributed by atoms with van der Waals surface area (Å²) in [5.41, 5.74) is 1.25. The molecule has 0 N–H and O–H groups in total. The standard InChI is InChI=1S/C15H16O2/c1-16-14-9-7-13(8-10-14)11-12-17-15-5-3-2-4-6-15/h2-10H,11-12H2,1H3. The fourth-order valence-electron chi connectivity index (χ4n) is 1.60. The normalized spacial score (nSPS) is 9.94. The minimum absolute atomic E-state index is 0.691. The van der Waals surface area contributed by atoms with Crippen molar-refractivity contribution in [3.05, 3.63) is 60.2 Å². The summed E-state index contributed by atoms with van der Waals surface area (Å²) in [6.07, 6.45) is 0.902. The summed E-state index contributed by atoms with van der Waals surface area (Å²) in [5.74, 6) is 1.80. The van der Waals surface area contributed by atoms with Crippen molar-refractivity contribution in [2.75, 3.05) is 13.7 Å². The number of hydrogen-bond acceptors (Lipinski definition) is 2. The SMILES string of the molecule is COc1ccc(CCOc2ccccc2)cc1. The summed E-state index contributed by atoms with van der Waals surface area (Å²) in [4.78, 5) is 0. The molecule has 0 aliphatic heterocycles. The molecule has 0 radical (unpaired) electrons. The Morgan fingerprint density at radius 1 is 0.824 bits per heavy atom. The van der Waals surface area contributed by atoms with Crippen LogP contribution < -0.4 is 9.47 Å². The van der Waals surface area contributed by atoms with Crippen molar-refractivity contribution in [2.24, 2.45) is 0 Å². The second-order valence-corrected chi connectivity index (χ2v) is 3.76. The van der Waals surface area contributed by atoms with Gasteiger partial charge in [0.15, 0.2) is 0 Å². The molecule has 88 valence electrons. The average molecular weight is 228 g/mol. The van der Waals surface area contributed by atoms with Crippen LogP contribution in [-0.4, -0.2) is 13.7 Å². The zero-order valence-corrected chi connectivity index (χ0v) is 9.93. The summed E-state index contributed by atoms with van der Waals surface area (Å²) >= 11 is 0. The zero-order chi connectivity index (χ0) is 11.9. The highest BCUT2D eigenvalue weighted by Gasteiger charge is 1.96. The van der Waals surface area contributed by atoms with E-state index in [1.165, 1.54) is 5.56 Å². The molecule has 2 heteroatoms. The Morgan fingerprint density at radius 3 is 2.18 bits per heavy atom. The molecule has 0 aromatic heterocycles. The van der Waals surface area contributed by atoms with Crippen LogP contribution >= 0.6 is 0 Å². The van der Waals surface area contributed by atoms with Crippen molar-refractivity contribution in [1.29, 1.82) is 0 Å². The third-order valence-electron chi connectivity index (χ3n) is 2.56. The molecule has 0 aliphatic carbocycles. The second-order valence-electron chi connectivity index (χ2n) is 3.76. The molecule has 17 heavy (non-hydrogen) atoms. The van der Waals surface area contributed by atoms with Gasteiger partial charge in [0.1, 0.15) is 11.5 Å². The van der Waals surface area contributed by atoms with Crippen LogP contribution in [0.3, 0.4) is 0 Å². The third-order valence-corrected chi connectivity index (χ3v) is 2.56. The van der Waals surface area contributed by atoms with E-state index in [0.717, 1.165) is 17.9 Å².